The largest absolute Gasteiger partial charge is 0.300 e. The Balaban J connectivity index is 1.75. The van der Waals surface area contributed by atoms with Gasteiger partial charge in [0.1, 0.15) is 11.6 Å². The molecule has 2 aliphatic heterocycles. The molecule has 2 aliphatic rings. The first-order chi connectivity index (χ1) is 11.9. The number of piperidine rings is 1. The second-order valence-electron chi connectivity index (χ2n) is 11.3. The Kier molecular flexibility index (Phi) is 7.10. The molecule has 150 valence electrons. The average molecular weight is 364 g/mol. The van der Waals surface area contributed by atoms with Gasteiger partial charge in [-0.25, -0.2) is 0 Å². The predicted octanol–water partition coefficient (Wildman–Crippen LogP) is 5.41. The summed E-state index contributed by atoms with van der Waals surface area (Å²) < 4.78 is 0. The summed E-state index contributed by atoms with van der Waals surface area (Å²) in [4.78, 5) is 27.1. The van der Waals surface area contributed by atoms with Crippen LogP contribution in [0.2, 0.25) is 0 Å². The third kappa shape index (κ3) is 7.13. The second-order valence-corrected chi connectivity index (χ2v) is 11.3. The van der Waals surface area contributed by atoms with Crippen LogP contribution in [0.25, 0.3) is 0 Å². The van der Waals surface area contributed by atoms with Gasteiger partial charge in [0.15, 0.2) is 0 Å². The Morgan fingerprint density at radius 3 is 1.92 bits per heavy atom. The van der Waals surface area contributed by atoms with Gasteiger partial charge in [0.25, 0.3) is 0 Å². The van der Waals surface area contributed by atoms with Crippen molar-refractivity contribution in [2.45, 2.75) is 111 Å². The minimum Gasteiger partial charge on any atom is -0.300 e. The summed E-state index contributed by atoms with van der Waals surface area (Å²) in [6, 6.07) is 1.15. The lowest BCUT2D eigenvalue weighted by Crippen LogP contribution is -2.45. The number of rotatable bonds is 8. The lowest BCUT2D eigenvalue weighted by atomic mass is 9.84. The van der Waals surface area contributed by atoms with E-state index in [-0.39, 0.29) is 10.8 Å². The Bertz CT molecular complexity index is 483. The summed E-state index contributed by atoms with van der Waals surface area (Å²) >= 11 is 0. The number of Topliss-reactive ketones (excluding diaryl/α,β-unsaturated/α-hetero) is 2. The number of ketones is 2. The molecule has 2 bridgehead atoms. The predicted molar refractivity (Wildman–Crippen MR) is 108 cm³/mol. The van der Waals surface area contributed by atoms with Crippen LogP contribution in [0.15, 0.2) is 0 Å². The SMILES string of the molecule is CC(C)(C)CCC(=O)CCC1C[C@H]2CC[C@H](C1)N2CC(=O)CC(C)(C)C. The molecular weight excluding hydrogens is 322 g/mol. The highest BCUT2D eigenvalue weighted by Crippen LogP contribution is 2.40. The van der Waals surface area contributed by atoms with Gasteiger partial charge in [0.05, 0.1) is 6.54 Å². The van der Waals surface area contributed by atoms with Crippen LogP contribution in [-0.4, -0.2) is 35.1 Å². The van der Waals surface area contributed by atoms with Gasteiger partial charge in [-0.05, 0) is 55.3 Å². The minimum atomic E-state index is 0.0852. The quantitative estimate of drug-likeness (QED) is 0.578. The van der Waals surface area contributed by atoms with Crippen molar-refractivity contribution < 1.29 is 9.59 Å². The molecule has 3 nitrogen and oxygen atoms in total. The van der Waals surface area contributed by atoms with Crippen molar-refractivity contribution in [2.24, 2.45) is 16.7 Å². The average Bonchev–Trinajstić information content (AvgIpc) is 2.70. The van der Waals surface area contributed by atoms with Gasteiger partial charge >= 0.3 is 0 Å². The topological polar surface area (TPSA) is 37.4 Å². The molecule has 2 rings (SSSR count). The molecule has 0 N–H and O–H groups in total. The van der Waals surface area contributed by atoms with Crippen molar-refractivity contribution in [3.8, 4) is 0 Å². The first-order valence-electron chi connectivity index (χ1n) is 10.7. The van der Waals surface area contributed by atoms with E-state index in [4.69, 9.17) is 0 Å². The molecule has 0 amide bonds. The molecule has 0 radical (unpaired) electrons. The second kappa shape index (κ2) is 8.54. The Labute approximate surface area is 161 Å². The molecule has 2 heterocycles. The molecule has 0 unspecified atom stereocenters. The molecule has 0 aromatic heterocycles. The van der Waals surface area contributed by atoms with Crippen LogP contribution in [-0.2, 0) is 9.59 Å². The van der Waals surface area contributed by atoms with E-state index in [2.05, 4.69) is 46.4 Å². The number of hydrogen-bond acceptors (Lipinski definition) is 3. The minimum absolute atomic E-state index is 0.0852. The summed E-state index contributed by atoms with van der Waals surface area (Å²) in [5.74, 6) is 1.51. The van der Waals surface area contributed by atoms with Gasteiger partial charge in [-0.1, -0.05) is 41.5 Å². The van der Waals surface area contributed by atoms with E-state index in [1.54, 1.807) is 0 Å². The molecule has 26 heavy (non-hydrogen) atoms. The van der Waals surface area contributed by atoms with Gasteiger partial charge in [0.2, 0.25) is 0 Å². The summed E-state index contributed by atoms with van der Waals surface area (Å²) in [5, 5.41) is 0. The molecule has 3 heteroatoms. The third-order valence-corrected chi connectivity index (χ3v) is 6.05. The maximum Gasteiger partial charge on any atom is 0.147 e. The molecule has 0 aliphatic carbocycles. The van der Waals surface area contributed by atoms with Gasteiger partial charge in [0, 0.05) is 31.3 Å². The van der Waals surface area contributed by atoms with Crippen molar-refractivity contribution in [1.82, 2.24) is 4.90 Å². The van der Waals surface area contributed by atoms with Crippen LogP contribution >= 0.6 is 0 Å². The maximum absolute atomic E-state index is 12.4. The monoisotopic (exact) mass is 363 g/mol. The van der Waals surface area contributed by atoms with Crippen LogP contribution in [0.4, 0.5) is 0 Å². The van der Waals surface area contributed by atoms with Crippen molar-refractivity contribution in [1.29, 1.82) is 0 Å². The Morgan fingerprint density at radius 2 is 1.42 bits per heavy atom. The number of nitrogens with zero attached hydrogens (tertiary/aromatic N) is 1. The highest BCUT2D eigenvalue weighted by molar-refractivity contribution is 5.81. The van der Waals surface area contributed by atoms with E-state index in [0.717, 1.165) is 25.7 Å². The summed E-state index contributed by atoms with van der Waals surface area (Å²) in [6.07, 6.45) is 9.06. The Morgan fingerprint density at radius 1 is 0.846 bits per heavy atom. The van der Waals surface area contributed by atoms with Gasteiger partial charge < -0.3 is 0 Å². The summed E-state index contributed by atoms with van der Waals surface area (Å²) in [7, 11) is 0. The van der Waals surface area contributed by atoms with Crippen LogP contribution in [0, 0.1) is 16.7 Å². The molecule has 0 spiro atoms. The van der Waals surface area contributed by atoms with Crippen molar-refractivity contribution in [3.63, 3.8) is 0 Å². The lowest BCUT2D eigenvalue weighted by Gasteiger charge is -2.39. The molecule has 2 fully saturated rings. The van der Waals surface area contributed by atoms with Crippen molar-refractivity contribution >= 4 is 11.6 Å². The first-order valence-corrected chi connectivity index (χ1v) is 10.7. The van der Waals surface area contributed by atoms with Crippen molar-refractivity contribution in [2.75, 3.05) is 6.54 Å². The molecular formula is C23H41NO2. The molecule has 0 saturated carbocycles. The van der Waals surface area contributed by atoms with E-state index < -0.39 is 0 Å². The van der Waals surface area contributed by atoms with E-state index in [0.29, 0.717) is 42.5 Å². The number of carbonyl (C=O) groups is 2. The standard InChI is InChI=1S/C23H41NO2/c1-22(2,3)12-11-20(25)10-7-17-13-18-8-9-19(14-17)24(18)16-21(26)15-23(4,5)6/h17-19H,7-16H2,1-6H3/t18-,19-/m1/s1. The van der Waals surface area contributed by atoms with Gasteiger partial charge in [-0.2, -0.15) is 0 Å². The molecule has 0 aromatic rings. The fraction of sp³-hybridized carbons (Fsp3) is 0.913. The third-order valence-electron chi connectivity index (χ3n) is 6.05. The zero-order valence-electron chi connectivity index (χ0n) is 18.1. The molecule has 0 aromatic carbocycles. The van der Waals surface area contributed by atoms with Crippen LogP contribution in [0.5, 0.6) is 0 Å². The number of carbonyl (C=O) groups excluding carboxylic acids is 2. The summed E-state index contributed by atoms with van der Waals surface area (Å²) in [6.45, 7) is 13.7. The highest BCUT2D eigenvalue weighted by Gasteiger charge is 2.41. The number of hydrogen-bond donors (Lipinski definition) is 0. The lowest BCUT2D eigenvalue weighted by molar-refractivity contribution is -0.123. The van der Waals surface area contributed by atoms with E-state index >= 15 is 0 Å². The van der Waals surface area contributed by atoms with Gasteiger partial charge in [-0.15, -0.1) is 0 Å². The number of fused-ring (bicyclic) bond motifs is 2. The smallest absolute Gasteiger partial charge is 0.147 e. The first kappa shape index (κ1) is 21.6. The van der Waals surface area contributed by atoms with Crippen LogP contribution in [0.1, 0.15) is 99.3 Å². The van der Waals surface area contributed by atoms with Gasteiger partial charge in [-0.3, -0.25) is 14.5 Å². The van der Waals surface area contributed by atoms with Crippen LogP contribution in [0.3, 0.4) is 0 Å². The molecule has 2 atom stereocenters. The van der Waals surface area contributed by atoms with E-state index in [1.807, 2.05) is 0 Å². The summed E-state index contributed by atoms with van der Waals surface area (Å²) in [5.41, 5.74) is 0.335. The fourth-order valence-corrected chi connectivity index (χ4v) is 4.74. The zero-order chi connectivity index (χ0) is 19.5. The van der Waals surface area contributed by atoms with Crippen LogP contribution < -0.4 is 0 Å². The zero-order valence-corrected chi connectivity index (χ0v) is 18.1. The van der Waals surface area contributed by atoms with Crippen molar-refractivity contribution in [3.05, 3.63) is 0 Å². The normalized spacial score (nSPS) is 26.9. The Hall–Kier alpha value is -0.700. The highest BCUT2D eigenvalue weighted by atomic mass is 16.1. The maximum atomic E-state index is 12.4. The van der Waals surface area contributed by atoms with E-state index in [1.165, 1.54) is 25.7 Å². The van der Waals surface area contributed by atoms with E-state index in [9.17, 15) is 9.59 Å². The molecule has 2 saturated heterocycles. The fourth-order valence-electron chi connectivity index (χ4n) is 4.74.